The Morgan fingerprint density at radius 3 is 2.27 bits per heavy atom. The zero-order valence-electron chi connectivity index (χ0n) is 10.1. The van der Waals surface area contributed by atoms with E-state index in [1.54, 1.807) is 6.92 Å². The largest absolute Gasteiger partial charge is 0.411 e. The van der Waals surface area contributed by atoms with Crippen molar-refractivity contribution < 1.29 is 5.21 Å². The number of rotatable bonds is 1. The van der Waals surface area contributed by atoms with Gasteiger partial charge in [0, 0.05) is 0 Å². The molecule has 82 valence electrons. The van der Waals surface area contributed by atoms with Gasteiger partial charge in [0.1, 0.15) is 0 Å². The fourth-order valence-electron chi connectivity index (χ4n) is 1.48. The molecule has 0 unspecified atom stereocenters. The second-order valence-corrected chi connectivity index (χ2v) is 5.02. The molecule has 15 heavy (non-hydrogen) atoms. The van der Waals surface area contributed by atoms with Crippen LogP contribution in [0.5, 0.6) is 0 Å². The van der Waals surface area contributed by atoms with Crippen LogP contribution in [0.4, 0.5) is 0 Å². The van der Waals surface area contributed by atoms with Crippen LogP contribution in [0.2, 0.25) is 0 Å². The number of aryl methyl sites for hydroxylation is 1. The average molecular weight is 205 g/mol. The number of oxime groups is 1. The maximum Gasteiger partial charge on any atom is 0.0837 e. The normalized spacial score (nSPS) is 13.0. The summed E-state index contributed by atoms with van der Waals surface area (Å²) < 4.78 is 0. The van der Waals surface area contributed by atoms with Gasteiger partial charge in [-0.05, 0) is 36.5 Å². The van der Waals surface area contributed by atoms with Gasteiger partial charge in [-0.25, -0.2) is 0 Å². The van der Waals surface area contributed by atoms with Crippen LogP contribution in [0.3, 0.4) is 0 Å². The molecule has 1 aromatic carbocycles. The standard InChI is InChI=1S/C13H19NO/c1-9-6-11(10(2)14-15)8-12(7-9)13(3,4)5/h6-8,15H,1-5H3. The quantitative estimate of drug-likeness (QED) is 0.425. The molecule has 0 aliphatic rings. The van der Waals surface area contributed by atoms with E-state index < -0.39 is 0 Å². The molecule has 0 spiro atoms. The lowest BCUT2D eigenvalue weighted by Crippen LogP contribution is -2.12. The van der Waals surface area contributed by atoms with Crippen molar-refractivity contribution in [3.05, 3.63) is 34.9 Å². The molecule has 0 saturated carbocycles. The molecule has 1 rings (SSSR count). The average Bonchev–Trinajstić information content (AvgIpc) is 2.14. The Labute approximate surface area is 91.6 Å². The Balaban J connectivity index is 3.29. The summed E-state index contributed by atoms with van der Waals surface area (Å²) in [4.78, 5) is 0. The van der Waals surface area contributed by atoms with Gasteiger partial charge < -0.3 is 5.21 Å². The monoisotopic (exact) mass is 205 g/mol. The predicted molar refractivity (Wildman–Crippen MR) is 63.9 cm³/mol. The first kappa shape index (κ1) is 11.8. The highest BCUT2D eigenvalue weighted by Crippen LogP contribution is 2.24. The van der Waals surface area contributed by atoms with Crippen molar-refractivity contribution in [2.75, 3.05) is 0 Å². The van der Waals surface area contributed by atoms with Gasteiger partial charge in [-0.2, -0.15) is 0 Å². The lowest BCUT2D eigenvalue weighted by atomic mass is 9.85. The van der Waals surface area contributed by atoms with Gasteiger partial charge in [0.05, 0.1) is 5.71 Å². The summed E-state index contributed by atoms with van der Waals surface area (Å²) >= 11 is 0. The zero-order chi connectivity index (χ0) is 11.6. The van der Waals surface area contributed by atoms with E-state index in [2.05, 4.69) is 45.0 Å². The highest BCUT2D eigenvalue weighted by molar-refractivity contribution is 5.98. The smallest absolute Gasteiger partial charge is 0.0837 e. The van der Waals surface area contributed by atoms with Crippen LogP contribution < -0.4 is 0 Å². The SMILES string of the molecule is CC(=NO)c1cc(C)cc(C(C)(C)C)c1. The summed E-state index contributed by atoms with van der Waals surface area (Å²) in [6.45, 7) is 10.4. The van der Waals surface area contributed by atoms with Gasteiger partial charge in [0.2, 0.25) is 0 Å². The Kier molecular flexibility index (Phi) is 3.18. The van der Waals surface area contributed by atoms with Gasteiger partial charge in [0.15, 0.2) is 0 Å². The lowest BCUT2D eigenvalue weighted by molar-refractivity contribution is 0.319. The van der Waals surface area contributed by atoms with Crippen molar-refractivity contribution in [2.45, 2.75) is 40.0 Å². The third kappa shape index (κ3) is 2.82. The van der Waals surface area contributed by atoms with E-state index in [-0.39, 0.29) is 5.41 Å². The summed E-state index contributed by atoms with van der Waals surface area (Å²) in [7, 11) is 0. The molecular weight excluding hydrogens is 186 g/mol. The number of benzene rings is 1. The molecule has 0 fully saturated rings. The summed E-state index contributed by atoms with van der Waals surface area (Å²) in [5.74, 6) is 0. The molecule has 0 aromatic heterocycles. The lowest BCUT2D eigenvalue weighted by Gasteiger charge is -2.20. The first-order valence-corrected chi connectivity index (χ1v) is 5.16. The van der Waals surface area contributed by atoms with E-state index >= 15 is 0 Å². The molecule has 2 heteroatoms. The van der Waals surface area contributed by atoms with Gasteiger partial charge in [-0.3, -0.25) is 0 Å². The van der Waals surface area contributed by atoms with E-state index in [0.717, 1.165) is 5.56 Å². The third-order valence-electron chi connectivity index (χ3n) is 2.51. The van der Waals surface area contributed by atoms with Crippen molar-refractivity contribution in [1.29, 1.82) is 0 Å². The van der Waals surface area contributed by atoms with Crippen LogP contribution in [-0.4, -0.2) is 10.9 Å². The van der Waals surface area contributed by atoms with Gasteiger partial charge in [-0.15, -0.1) is 0 Å². The van der Waals surface area contributed by atoms with Crippen LogP contribution >= 0.6 is 0 Å². The molecule has 0 aliphatic carbocycles. The summed E-state index contributed by atoms with van der Waals surface area (Å²) in [6.07, 6.45) is 0. The highest BCUT2D eigenvalue weighted by atomic mass is 16.4. The second kappa shape index (κ2) is 4.05. The summed E-state index contributed by atoms with van der Waals surface area (Å²) in [6, 6.07) is 6.29. The molecule has 0 saturated heterocycles. The van der Waals surface area contributed by atoms with Gasteiger partial charge >= 0.3 is 0 Å². The van der Waals surface area contributed by atoms with E-state index in [9.17, 15) is 0 Å². The van der Waals surface area contributed by atoms with Crippen LogP contribution in [0.1, 0.15) is 44.4 Å². The Morgan fingerprint density at radius 2 is 1.80 bits per heavy atom. The molecule has 0 radical (unpaired) electrons. The minimum Gasteiger partial charge on any atom is -0.411 e. The molecular formula is C13H19NO. The second-order valence-electron chi connectivity index (χ2n) is 5.02. The van der Waals surface area contributed by atoms with Crippen molar-refractivity contribution in [1.82, 2.24) is 0 Å². The van der Waals surface area contributed by atoms with Crippen LogP contribution in [0, 0.1) is 6.92 Å². The first-order chi connectivity index (χ1) is 6.84. The summed E-state index contributed by atoms with van der Waals surface area (Å²) in [5, 5.41) is 12.0. The topological polar surface area (TPSA) is 32.6 Å². The molecule has 1 aromatic rings. The highest BCUT2D eigenvalue weighted by Gasteiger charge is 2.15. The minimum atomic E-state index is 0.122. The Morgan fingerprint density at radius 1 is 1.20 bits per heavy atom. The predicted octanol–water partition coefficient (Wildman–Crippen LogP) is 3.49. The number of hydrogen-bond donors (Lipinski definition) is 1. The first-order valence-electron chi connectivity index (χ1n) is 5.16. The third-order valence-corrected chi connectivity index (χ3v) is 2.51. The molecule has 1 N–H and O–H groups in total. The number of nitrogens with zero attached hydrogens (tertiary/aromatic N) is 1. The van der Waals surface area contributed by atoms with E-state index in [4.69, 9.17) is 5.21 Å². The maximum atomic E-state index is 8.76. The molecule has 0 amide bonds. The fraction of sp³-hybridized carbons (Fsp3) is 0.462. The van der Waals surface area contributed by atoms with Crippen molar-refractivity contribution in [3.8, 4) is 0 Å². The van der Waals surface area contributed by atoms with Crippen LogP contribution in [0.15, 0.2) is 23.4 Å². The van der Waals surface area contributed by atoms with E-state index in [1.165, 1.54) is 11.1 Å². The number of hydrogen-bond acceptors (Lipinski definition) is 2. The van der Waals surface area contributed by atoms with E-state index in [1.807, 2.05) is 6.07 Å². The van der Waals surface area contributed by atoms with Crippen LogP contribution in [0.25, 0.3) is 0 Å². The summed E-state index contributed by atoms with van der Waals surface area (Å²) in [5.41, 5.74) is 4.23. The minimum absolute atomic E-state index is 0.122. The Hall–Kier alpha value is -1.31. The Bertz CT molecular complexity index is 386. The van der Waals surface area contributed by atoms with Gasteiger partial charge in [-0.1, -0.05) is 43.6 Å². The molecule has 2 nitrogen and oxygen atoms in total. The zero-order valence-corrected chi connectivity index (χ0v) is 10.1. The molecule has 0 heterocycles. The van der Waals surface area contributed by atoms with Gasteiger partial charge in [0.25, 0.3) is 0 Å². The van der Waals surface area contributed by atoms with Crippen molar-refractivity contribution in [3.63, 3.8) is 0 Å². The van der Waals surface area contributed by atoms with E-state index in [0.29, 0.717) is 5.71 Å². The molecule has 0 atom stereocenters. The van der Waals surface area contributed by atoms with Crippen LogP contribution in [-0.2, 0) is 5.41 Å². The maximum absolute atomic E-state index is 8.76. The fourth-order valence-corrected chi connectivity index (χ4v) is 1.48. The molecule has 0 aliphatic heterocycles. The van der Waals surface area contributed by atoms with Crippen molar-refractivity contribution >= 4 is 5.71 Å². The van der Waals surface area contributed by atoms with Crippen molar-refractivity contribution in [2.24, 2.45) is 5.16 Å². The molecule has 0 bridgehead atoms.